The molecule has 26 heavy (non-hydrogen) atoms. The number of amides is 1. The summed E-state index contributed by atoms with van der Waals surface area (Å²) in [7, 11) is 0. The Morgan fingerprint density at radius 1 is 1.00 bits per heavy atom. The number of piperazine rings is 1. The number of hydrogen-bond donors (Lipinski definition) is 1. The number of phenolic OH excluding ortho intramolecular Hbond substituents is 1. The minimum atomic E-state index is -0.128. The molecule has 0 unspecified atom stereocenters. The van der Waals surface area contributed by atoms with Crippen LogP contribution in [-0.4, -0.2) is 47.1 Å². The van der Waals surface area contributed by atoms with E-state index in [0.717, 1.165) is 21.1 Å². The molecule has 0 spiro atoms. The van der Waals surface area contributed by atoms with Gasteiger partial charge in [-0.05, 0) is 51.0 Å². The van der Waals surface area contributed by atoms with Gasteiger partial charge in [0.2, 0.25) is 0 Å². The molecule has 1 aliphatic rings. The Morgan fingerprint density at radius 3 is 2.35 bits per heavy atom. The van der Waals surface area contributed by atoms with Gasteiger partial charge in [0, 0.05) is 36.8 Å². The quantitative estimate of drug-likeness (QED) is 0.698. The molecular formula is C20H18BrN3O2. The molecule has 1 aromatic heterocycles. The van der Waals surface area contributed by atoms with E-state index in [1.807, 2.05) is 36.4 Å². The fourth-order valence-electron chi connectivity index (χ4n) is 3.26. The van der Waals surface area contributed by atoms with E-state index in [0.29, 0.717) is 31.7 Å². The summed E-state index contributed by atoms with van der Waals surface area (Å²) in [6, 6.07) is 15.1. The smallest absolute Gasteiger partial charge is 0.257 e. The summed E-state index contributed by atoms with van der Waals surface area (Å²) in [6.45, 7) is 2.63. The van der Waals surface area contributed by atoms with Crippen molar-refractivity contribution in [3.63, 3.8) is 0 Å². The largest absolute Gasteiger partial charge is 0.507 e. The van der Waals surface area contributed by atoms with Crippen LogP contribution in [0.2, 0.25) is 0 Å². The Balaban J connectivity index is 1.50. The third-order valence-corrected chi connectivity index (χ3v) is 5.17. The first-order valence-electron chi connectivity index (χ1n) is 8.49. The maximum Gasteiger partial charge on any atom is 0.257 e. The number of aromatic hydroxyl groups is 1. The average Bonchev–Trinajstić information content (AvgIpc) is 2.68. The van der Waals surface area contributed by atoms with Crippen LogP contribution in [-0.2, 0) is 0 Å². The molecule has 2 heterocycles. The number of anilines is 1. The highest BCUT2D eigenvalue weighted by Crippen LogP contribution is 2.27. The molecule has 2 aromatic carbocycles. The highest BCUT2D eigenvalue weighted by atomic mass is 79.9. The van der Waals surface area contributed by atoms with Gasteiger partial charge in [0.25, 0.3) is 5.91 Å². The van der Waals surface area contributed by atoms with Gasteiger partial charge in [-0.2, -0.15) is 0 Å². The summed E-state index contributed by atoms with van der Waals surface area (Å²) in [5.41, 5.74) is 0.360. The molecule has 0 aliphatic carbocycles. The van der Waals surface area contributed by atoms with Gasteiger partial charge in [0.1, 0.15) is 11.6 Å². The Labute approximate surface area is 160 Å². The van der Waals surface area contributed by atoms with Crippen LogP contribution < -0.4 is 4.90 Å². The minimum Gasteiger partial charge on any atom is -0.507 e. The van der Waals surface area contributed by atoms with Gasteiger partial charge in [-0.15, -0.1) is 0 Å². The third kappa shape index (κ3) is 3.24. The molecule has 0 radical (unpaired) electrons. The van der Waals surface area contributed by atoms with Crippen LogP contribution >= 0.6 is 15.9 Å². The second kappa shape index (κ2) is 6.96. The summed E-state index contributed by atoms with van der Waals surface area (Å²) < 4.78 is 0.946. The molecule has 4 rings (SSSR count). The van der Waals surface area contributed by atoms with Crippen LogP contribution in [0.3, 0.4) is 0 Å². The van der Waals surface area contributed by atoms with Gasteiger partial charge in [-0.1, -0.05) is 24.3 Å². The molecule has 0 bridgehead atoms. The van der Waals surface area contributed by atoms with E-state index < -0.39 is 0 Å². The molecule has 1 aliphatic heterocycles. The van der Waals surface area contributed by atoms with Crippen molar-refractivity contribution in [1.29, 1.82) is 0 Å². The third-order valence-electron chi connectivity index (χ3n) is 4.70. The van der Waals surface area contributed by atoms with E-state index in [1.165, 1.54) is 0 Å². The second-order valence-corrected chi connectivity index (χ2v) is 7.25. The second-order valence-electron chi connectivity index (χ2n) is 6.33. The average molecular weight is 412 g/mol. The SMILES string of the molecule is O=C(c1cc2ccccc2cc1O)N1CCN(c2ccc(Br)cn2)CC1. The maximum absolute atomic E-state index is 12.9. The molecule has 3 aromatic rings. The number of pyridine rings is 1. The number of nitrogens with zero attached hydrogens (tertiary/aromatic N) is 3. The van der Waals surface area contributed by atoms with Crippen LogP contribution in [0.1, 0.15) is 10.4 Å². The summed E-state index contributed by atoms with van der Waals surface area (Å²) in [4.78, 5) is 21.2. The van der Waals surface area contributed by atoms with E-state index >= 15 is 0 Å². The number of aromatic nitrogens is 1. The Morgan fingerprint density at radius 2 is 1.69 bits per heavy atom. The Kier molecular flexibility index (Phi) is 4.51. The molecule has 6 heteroatoms. The minimum absolute atomic E-state index is 0.0331. The number of benzene rings is 2. The van der Waals surface area contributed by atoms with Crippen LogP contribution in [0.4, 0.5) is 5.82 Å². The first-order valence-corrected chi connectivity index (χ1v) is 9.29. The first kappa shape index (κ1) is 16.8. The van der Waals surface area contributed by atoms with Crippen molar-refractivity contribution in [1.82, 2.24) is 9.88 Å². The number of carbonyl (C=O) groups excluding carboxylic acids is 1. The van der Waals surface area contributed by atoms with Crippen LogP contribution in [0, 0.1) is 0 Å². The number of fused-ring (bicyclic) bond motifs is 1. The predicted octanol–water partition coefficient (Wildman–Crippen LogP) is 3.67. The normalized spacial score (nSPS) is 14.7. The van der Waals surface area contributed by atoms with Gasteiger partial charge in [0.15, 0.2) is 0 Å². The van der Waals surface area contributed by atoms with Crippen molar-refractivity contribution >= 4 is 38.4 Å². The molecule has 5 nitrogen and oxygen atoms in total. The number of hydrogen-bond acceptors (Lipinski definition) is 4. The van der Waals surface area contributed by atoms with E-state index in [1.54, 1.807) is 23.2 Å². The standard InChI is InChI=1S/C20H18BrN3O2/c21-16-5-6-19(22-13-16)23-7-9-24(10-8-23)20(26)17-11-14-3-1-2-4-15(14)12-18(17)25/h1-6,11-13,25H,7-10H2. The van der Waals surface area contributed by atoms with Gasteiger partial charge in [-0.25, -0.2) is 4.98 Å². The zero-order chi connectivity index (χ0) is 18.1. The number of rotatable bonds is 2. The fourth-order valence-corrected chi connectivity index (χ4v) is 3.50. The van der Waals surface area contributed by atoms with Crippen LogP contribution in [0.25, 0.3) is 10.8 Å². The highest BCUT2D eigenvalue weighted by molar-refractivity contribution is 9.10. The first-order chi connectivity index (χ1) is 12.6. The van der Waals surface area contributed by atoms with Crippen LogP contribution in [0.15, 0.2) is 59.2 Å². The lowest BCUT2D eigenvalue weighted by Crippen LogP contribution is -2.49. The summed E-state index contributed by atoms with van der Waals surface area (Å²) in [5.74, 6) is 0.816. The number of phenols is 1. The lowest BCUT2D eigenvalue weighted by Gasteiger charge is -2.35. The van der Waals surface area contributed by atoms with E-state index in [-0.39, 0.29) is 11.7 Å². The zero-order valence-corrected chi connectivity index (χ0v) is 15.7. The number of halogens is 1. The monoisotopic (exact) mass is 411 g/mol. The predicted molar refractivity (Wildman–Crippen MR) is 106 cm³/mol. The lowest BCUT2D eigenvalue weighted by atomic mass is 10.0. The molecule has 0 atom stereocenters. The maximum atomic E-state index is 12.9. The Hall–Kier alpha value is -2.60. The van der Waals surface area contributed by atoms with E-state index in [2.05, 4.69) is 25.8 Å². The number of carbonyl (C=O) groups is 1. The van der Waals surface area contributed by atoms with Crippen molar-refractivity contribution < 1.29 is 9.90 Å². The molecule has 1 amide bonds. The van der Waals surface area contributed by atoms with Gasteiger partial charge in [-0.3, -0.25) is 4.79 Å². The van der Waals surface area contributed by atoms with Crippen molar-refractivity contribution in [2.75, 3.05) is 31.1 Å². The fraction of sp³-hybridized carbons (Fsp3) is 0.200. The topological polar surface area (TPSA) is 56.7 Å². The van der Waals surface area contributed by atoms with Gasteiger partial charge < -0.3 is 14.9 Å². The molecule has 132 valence electrons. The lowest BCUT2D eigenvalue weighted by molar-refractivity contribution is 0.0743. The molecule has 1 fully saturated rings. The van der Waals surface area contributed by atoms with Crippen molar-refractivity contribution in [3.8, 4) is 5.75 Å². The summed E-state index contributed by atoms with van der Waals surface area (Å²) in [6.07, 6.45) is 1.78. The summed E-state index contributed by atoms with van der Waals surface area (Å²) in [5, 5.41) is 12.2. The van der Waals surface area contributed by atoms with E-state index in [4.69, 9.17) is 0 Å². The summed E-state index contributed by atoms with van der Waals surface area (Å²) >= 11 is 3.39. The zero-order valence-electron chi connectivity index (χ0n) is 14.1. The van der Waals surface area contributed by atoms with Gasteiger partial charge in [0.05, 0.1) is 5.56 Å². The van der Waals surface area contributed by atoms with Crippen LogP contribution in [0.5, 0.6) is 5.75 Å². The van der Waals surface area contributed by atoms with Crippen molar-refractivity contribution in [3.05, 3.63) is 64.8 Å². The molecule has 1 saturated heterocycles. The van der Waals surface area contributed by atoms with Gasteiger partial charge >= 0.3 is 0 Å². The highest BCUT2D eigenvalue weighted by Gasteiger charge is 2.24. The van der Waals surface area contributed by atoms with Crippen molar-refractivity contribution in [2.24, 2.45) is 0 Å². The van der Waals surface area contributed by atoms with E-state index in [9.17, 15) is 9.90 Å². The van der Waals surface area contributed by atoms with Crippen molar-refractivity contribution in [2.45, 2.75) is 0 Å². The molecular weight excluding hydrogens is 394 g/mol. The molecule has 0 saturated carbocycles. The Bertz CT molecular complexity index is 951. The molecule has 1 N–H and O–H groups in total.